The van der Waals surface area contributed by atoms with E-state index >= 15 is 0 Å². The molecule has 32 heavy (non-hydrogen) atoms. The molecule has 9 nitrogen and oxygen atoms in total. The predicted octanol–water partition coefficient (Wildman–Crippen LogP) is 2.69. The van der Waals surface area contributed by atoms with Crippen LogP contribution < -0.4 is 15.6 Å². The summed E-state index contributed by atoms with van der Waals surface area (Å²) < 4.78 is 27.3. The van der Waals surface area contributed by atoms with Crippen LogP contribution in [0.1, 0.15) is 12.1 Å². The quantitative estimate of drug-likeness (QED) is 0.397. The topological polar surface area (TPSA) is 134 Å². The van der Waals surface area contributed by atoms with Gasteiger partial charge in [-0.2, -0.15) is 0 Å². The number of benzene rings is 2. The van der Waals surface area contributed by atoms with Crippen molar-refractivity contribution in [3.05, 3.63) is 89.0 Å². The van der Waals surface area contributed by atoms with E-state index in [1.807, 2.05) is 6.07 Å². The third kappa shape index (κ3) is 4.98. The summed E-state index contributed by atoms with van der Waals surface area (Å²) in [6.45, 7) is 0. The van der Waals surface area contributed by atoms with Crippen molar-refractivity contribution in [1.29, 1.82) is 0 Å². The molecule has 0 fully saturated rings. The molecule has 0 bridgehead atoms. The molecule has 0 spiro atoms. The van der Waals surface area contributed by atoms with Gasteiger partial charge in [-0.25, -0.2) is 18.4 Å². The summed E-state index contributed by atoms with van der Waals surface area (Å²) in [6, 6.07) is 17.8. The molecule has 162 valence electrons. The van der Waals surface area contributed by atoms with E-state index in [2.05, 4.69) is 25.0 Å². The van der Waals surface area contributed by atoms with Crippen molar-refractivity contribution >= 4 is 38.5 Å². The standard InChI is InChI=1S/C22H19N5O4S/c28-21(13-12-19-22(29)26-18-6-2-1-5-17(18)25-19)24-15-8-10-16(11-9-15)32(30,31)27-20-7-3-4-14-23-20/h1-11,14H,12-13H2,(H,23,27)(H,24,28)(H,26,29). The number of fused-ring (bicyclic) bond motifs is 1. The third-order valence-electron chi connectivity index (χ3n) is 4.61. The van der Waals surface area contributed by atoms with Gasteiger partial charge in [0, 0.05) is 24.7 Å². The Balaban J connectivity index is 1.38. The first-order chi connectivity index (χ1) is 15.4. The number of hydrogen-bond acceptors (Lipinski definition) is 6. The lowest BCUT2D eigenvalue weighted by Crippen LogP contribution is -2.19. The first-order valence-electron chi connectivity index (χ1n) is 9.72. The Morgan fingerprint density at radius 2 is 1.72 bits per heavy atom. The predicted molar refractivity (Wildman–Crippen MR) is 121 cm³/mol. The highest BCUT2D eigenvalue weighted by Crippen LogP contribution is 2.17. The number of aryl methyl sites for hydroxylation is 1. The molecule has 2 aromatic carbocycles. The molecule has 0 atom stereocenters. The normalized spacial score (nSPS) is 11.2. The maximum absolute atomic E-state index is 12.4. The summed E-state index contributed by atoms with van der Waals surface area (Å²) in [5.41, 5.74) is 1.68. The summed E-state index contributed by atoms with van der Waals surface area (Å²) >= 11 is 0. The largest absolute Gasteiger partial charge is 0.326 e. The SMILES string of the molecule is O=C(CCc1nc2ccccc2[nH]c1=O)Nc1ccc(S(=O)(=O)Nc2ccccn2)cc1. The van der Waals surface area contributed by atoms with Crippen LogP contribution in [0, 0.1) is 0 Å². The molecule has 0 unspecified atom stereocenters. The number of aromatic nitrogens is 3. The van der Waals surface area contributed by atoms with Gasteiger partial charge < -0.3 is 10.3 Å². The highest BCUT2D eigenvalue weighted by Gasteiger charge is 2.15. The van der Waals surface area contributed by atoms with E-state index in [1.165, 1.54) is 30.5 Å². The number of rotatable bonds is 7. The van der Waals surface area contributed by atoms with Gasteiger partial charge in [0.1, 0.15) is 11.5 Å². The van der Waals surface area contributed by atoms with E-state index in [1.54, 1.807) is 36.4 Å². The monoisotopic (exact) mass is 449 g/mol. The van der Waals surface area contributed by atoms with Gasteiger partial charge in [0.15, 0.2) is 0 Å². The molecule has 2 aromatic heterocycles. The van der Waals surface area contributed by atoms with Crippen molar-refractivity contribution < 1.29 is 13.2 Å². The number of amides is 1. The Bertz CT molecular complexity index is 1420. The summed E-state index contributed by atoms with van der Waals surface area (Å²) in [6.07, 6.45) is 1.71. The van der Waals surface area contributed by atoms with Gasteiger partial charge in [-0.1, -0.05) is 18.2 Å². The number of carbonyl (C=O) groups is 1. The zero-order valence-electron chi connectivity index (χ0n) is 16.8. The third-order valence-corrected chi connectivity index (χ3v) is 5.98. The zero-order chi connectivity index (χ0) is 22.6. The van der Waals surface area contributed by atoms with E-state index in [9.17, 15) is 18.0 Å². The summed E-state index contributed by atoms with van der Waals surface area (Å²) in [5, 5.41) is 2.69. The number of pyridine rings is 1. The summed E-state index contributed by atoms with van der Waals surface area (Å²) in [7, 11) is -3.80. The van der Waals surface area contributed by atoms with Crippen molar-refractivity contribution in [2.24, 2.45) is 0 Å². The molecule has 0 aliphatic heterocycles. The molecule has 0 aliphatic rings. The minimum Gasteiger partial charge on any atom is -0.326 e. The molecular formula is C22H19N5O4S. The molecule has 0 radical (unpaired) electrons. The first-order valence-corrected chi connectivity index (χ1v) is 11.2. The van der Waals surface area contributed by atoms with Crippen molar-refractivity contribution in [2.45, 2.75) is 17.7 Å². The average molecular weight is 449 g/mol. The Morgan fingerprint density at radius 1 is 0.969 bits per heavy atom. The molecule has 2 heterocycles. The van der Waals surface area contributed by atoms with E-state index in [0.29, 0.717) is 16.7 Å². The molecule has 0 saturated heterocycles. The molecule has 10 heteroatoms. The van der Waals surface area contributed by atoms with Gasteiger partial charge in [0.05, 0.1) is 15.9 Å². The summed E-state index contributed by atoms with van der Waals surface area (Å²) in [5.74, 6) is -0.108. The smallest absolute Gasteiger partial charge is 0.270 e. The van der Waals surface area contributed by atoms with Crippen LogP contribution in [0.15, 0.2) is 82.6 Å². The number of H-pyrrole nitrogens is 1. The minimum atomic E-state index is -3.80. The summed E-state index contributed by atoms with van der Waals surface area (Å²) in [4.78, 5) is 35.5. The number of carbonyl (C=O) groups excluding carboxylic acids is 1. The van der Waals surface area contributed by atoms with Crippen LogP contribution in [0.2, 0.25) is 0 Å². The van der Waals surface area contributed by atoms with Crippen LogP contribution in [-0.4, -0.2) is 29.3 Å². The fourth-order valence-corrected chi connectivity index (χ4v) is 4.04. The van der Waals surface area contributed by atoms with E-state index < -0.39 is 10.0 Å². The van der Waals surface area contributed by atoms with E-state index in [-0.39, 0.29) is 40.7 Å². The van der Waals surface area contributed by atoms with Crippen LogP contribution >= 0.6 is 0 Å². The maximum Gasteiger partial charge on any atom is 0.270 e. The molecule has 0 saturated carbocycles. The molecular weight excluding hydrogens is 430 g/mol. The highest BCUT2D eigenvalue weighted by atomic mass is 32.2. The van der Waals surface area contributed by atoms with Crippen LogP contribution in [0.5, 0.6) is 0 Å². The number of nitrogens with one attached hydrogen (secondary N) is 3. The van der Waals surface area contributed by atoms with Gasteiger partial charge >= 0.3 is 0 Å². The first kappa shape index (κ1) is 21.2. The molecule has 3 N–H and O–H groups in total. The zero-order valence-corrected chi connectivity index (χ0v) is 17.6. The number of sulfonamides is 1. The fraction of sp³-hybridized carbons (Fsp3) is 0.0909. The lowest BCUT2D eigenvalue weighted by atomic mass is 10.2. The molecule has 1 amide bonds. The van der Waals surface area contributed by atoms with Gasteiger partial charge in [0.25, 0.3) is 15.6 Å². The van der Waals surface area contributed by atoms with Crippen molar-refractivity contribution in [3.8, 4) is 0 Å². The second-order valence-corrected chi connectivity index (χ2v) is 8.61. The highest BCUT2D eigenvalue weighted by molar-refractivity contribution is 7.92. The Hall–Kier alpha value is -4.05. The molecule has 4 aromatic rings. The minimum absolute atomic E-state index is 0.0352. The number of aromatic amines is 1. The lowest BCUT2D eigenvalue weighted by molar-refractivity contribution is -0.116. The molecule has 0 aliphatic carbocycles. The number of nitrogens with zero attached hydrogens (tertiary/aromatic N) is 2. The van der Waals surface area contributed by atoms with Gasteiger partial charge in [0.2, 0.25) is 5.91 Å². The van der Waals surface area contributed by atoms with Crippen LogP contribution in [0.3, 0.4) is 0 Å². The van der Waals surface area contributed by atoms with Crippen molar-refractivity contribution in [2.75, 3.05) is 10.0 Å². The van der Waals surface area contributed by atoms with Crippen molar-refractivity contribution in [3.63, 3.8) is 0 Å². The number of hydrogen-bond donors (Lipinski definition) is 3. The van der Waals surface area contributed by atoms with E-state index in [0.717, 1.165) is 0 Å². The van der Waals surface area contributed by atoms with Gasteiger partial charge in [-0.05, 0) is 48.5 Å². The van der Waals surface area contributed by atoms with Crippen LogP contribution in [0.4, 0.5) is 11.5 Å². The number of para-hydroxylation sites is 2. The Morgan fingerprint density at radius 3 is 2.47 bits per heavy atom. The Labute approximate surface area is 183 Å². The van der Waals surface area contributed by atoms with Gasteiger partial charge in [-0.3, -0.25) is 14.3 Å². The average Bonchev–Trinajstić information content (AvgIpc) is 2.78. The van der Waals surface area contributed by atoms with Crippen LogP contribution in [-0.2, 0) is 21.2 Å². The van der Waals surface area contributed by atoms with E-state index in [4.69, 9.17) is 0 Å². The van der Waals surface area contributed by atoms with Crippen LogP contribution in [0.25, 0.3) is 11.0 Å². The second kappa shape index (κ2) is 8.98. The fourth-order valence-electron chi connectivity index (χ4n) is 3.03. The van der Waals surface area contributed by atoms with Gasteiger partial charge in [-0.15, -0.1) is 0 Å². The number of anilines is 2. The molecule has 4 rings (SSSR count). The lowest BCUT2D eigenvalue weighted by Gasteiger charge is -2.09. The van der Waals surface area contributed by atoms with Crippen molar-refractivity contribution in [1.82, 2.24) is 15.0 Å². The second-order valence-electron chi connectivity index (χ2n) is 6.92. The Kier molecular flexibility index (Phi) is 5.95. The maximum atomic E-state index is 12.4.